The Hall–Kier alpha value is -2.73. The van der Waals surface area contributed by atoms with E-state index in [9.17, 15) is 0 Å². The summed E-state index contributed by atoms with van der Waals surface area (Å²) >= 11 is 0. The van der Waals surface area contributed by atoms with Crippen molar-refractivity contribution in [3.05, 3.63) is 59.2 Å². The topological polar surface area (TPSA) is 78.1 Å². The number of ether oxygens (including phenoxy) is 3. The quantitative estimate of drug-likeness (QED) is 0.502. The average Bonchev–Trinajstić information content (AvgIpc) is 3.26. The molecule has 1 aliphatic heterocycles. The molecule has 2 aromatic rings. The number of aliphatic imine (C=N–C) groups is 1. The van der Waals surface area contributed by atoms with E-state index in [0.29, 0.717) is 25.0 Å². The van der Waals surface area contributed by atoms with Gasteiger partial charge in [0.25, 0.3) is 0 Å². The van der Waals surface area contributed by atoms with Crippen molar-refractivity contribution < 1.29 is 14.2 Å². The third kappa shape index (κ3) is 6.68. The monoisotopic (exact) mass is 397 g/mol. The number of nitrogens with zero attached hydrogens (tertiary/aromatic N) is 1. The van der Waals surface area contributed by atoms with Gasteiger partial charge in [0.05, 0.1) is 26.9 Å². The molecular formula is C23H31N3O3. The first kappa shape index (κ1) is 21.0. The number of hydrogen-bond acceptors (Lipinski definition) is 4. The molecule has 0 radical (unpaired) electrons. The normalized spacial score (nSPS) is 16.6. The summed E-state index contributed by atoms with van der Waals surface area (Å²) in [7, 11) is 1.67. The summed E-state index contributed by atoms with van der Waals surface area (Å²) in [5, 5.41) is 3.18. The zero-order valence-corrected chi connectivity index (χ0v) is 17.3. The maximum absolute atomic E-state index is 6.07. The molecule has 0 spiro atoms. The van der Waals surface area contributed by atoms with Crippen molar-refractivity contribution in [2.75, 3.05) is 33.5 Å². The van der Waals surface area contributed by atoms with Crippen LogP contribution in [0.5, 0.6) is 11.5 Å². The van der Waals surface area contributed by atoms with E-state index < -0.39 is 0 Å². The second kappa shape index (κ2) is 10.7. The lowest BCUT2D eigenvalue weighted by atomic mass is 10.1. The van der Waals surface area contributed by atoms with Gasteiger partial charge in [-0.15, -0.1) is 0 Å². The highest BCUT2D eigenvalue weighted by atomic mass is 16.5. The van der Waals surface area contributed by atoms with Gasteiger partial charge in [0, 0.05) is 24.6 Å². The highest BCUT2D eigenvalue weighted by molar-refractivity contribution is 5.77. The van der Waals surface area contributed by atoms with Gasteiger partial charge in [-0.1, -0.05) is 24.3 Å². The summed E-state index contributed by atoms with van der Waals surface area (Å²) in [6.07, 6.45) is 1.92. The van der Waals surface area contributed by atoms with Crippen LogP contribution in [0.4, 0.5) is 0 Å². The molecule has 1 fully saturated rings. The first-order valence-electron chi connectivity index (χ1n) is 10.1. The summed E-state index contributed by atoms with van der Waals surface area (Å²) in [6, 6.07) is 14.2. The summed E-state index contributed by atoms with van der Waals surface area (Å²) in [5.41, 5.74) is 9.47. The first-order valence-corrected chi connectivity index (χ1v) is 10.1. The van der Waals surface area contributed by atoms with Gasteiger partial charge < -0.3 is 25.3 Å². The molecule has 1 saturated heterocycles. The van der Waals surface area contributed by atoms with Crippen molar-refractivity contribution >= 4 is 5.96 Å². The molecule has 3 N–H and O–H groups in total. The molecule has 1 unspecified atom stereocenters. The Morgan fingerprint density at radius 3 is 2.79 bits per heavy atom. The lowest BCUT2D eigenvalue weighted by Crippen LogP contribution is -2.33. The lowest BCUT2D eigenvalue weighted by Gasteiger charge is -2.14. The Balaban J connectivity index is 1.49. The number of nitrogens with one attached hydrogen (secondary N) is 1. The fraction of sp³-hybridized carbons (Fsp3) is 0.435. The van der Waals surface area contributed by atoms with Crippen LogP contribution in [0.25, 0.3) is 0 Å². The number of methoxy groups -OCH3 is 1. The van der Waals surface area contributed by atoms with Gasteiger partial charge in [-0.2, -0.15) is 0 Å². The minimum atomic E-state index is 0.439. The summed E-state index contributed by atoms with van der Waals surface area (Å²) in [4.78, 5) is 4.48. The molecule has 0 amide bonds. The molecule has 1 atom stereocenters. The van der Waals surface area contributed by atoms with Crippen molar-refractivity contribution in [3.8, 4) is 11.5 Å². The molecule has 156 valence electrons. The Morgan fingerprint density at radius 2 is 2.07 bits per heavy atom. The highest BCUT2D eigenvalue weighted by Gasteiger charge is 2.17. The van der Waals surface area contributed by atoms with E-state index >= 15 is 0 Å². The van der Waals surface area contributed by atoms with Gasteiger partial charge in [-0.05, 0) is 49.1 Å². The number of aryl methyl sites for hydroxylation is 1. The third-order valence-electron chi connectivity index (χ3n) is 5.02. The predicted molar refractivity (Wildman–Crippen MR) is 116 cm³/mol. The molecule has 6 heteroatoms. The number of benzene rings is 2. The number of rotatable bonds is 9. The Morgan fingerprint density at radius 1 is 1.24 bits per heavy atom. The molecule has 6 nitrogen and oxygen atoms in total. The van der Waals surface area contributed by atoms with Crippen molar-refractivity contribution in [2.24, 2.45) is 16.6 Å². The van der Waals surface area contributed by atoms with Crippen molar-refractivity contribution in [3.63, 3.8) is 0 Å². The van der Waals surface area contributed by atoms with Crippen LogP contribution in [-0.2, 0) is 17.7 Å². The first-order chi connectivity index (χ1) is 14.1. The van der Waals surface area contributed by atoms with E-state index in [2.05, 4.69) is 47.6 Å². The molecule has 0 bridgehead atoms. The van der Waals surface area contributed by atoms with Crippen molar-refractivity contribution in [1.82, 2.24) is 5.32 Å². The van der Waals surface area contributed by atoms with Crippen molar-refractivity contribution in [2.45, 2.75) is 26.3 Å². The predicted octanol–water partition coefficient (Wildman–Crippen LogP) is 3.07. The van der Waals surface area contributed by atoms with Gasteiger partial charge in [0.15, 0.2) is 5.96 Å². The van der Waals surface area contributed by atoms with Crippen LogP contribution < -0.4 is 20.5 Å². The molecule has 2 aromatic carbocycles. The fourth-order valence-electron chi connectivity index (χ4n) is 3.20. The molecule has 0 aromatic heterocycles. The smallest absolute Gasteiger partial charge is 0.188 e. The van der Waals surface area contributed by atoms with Gasteiger partial charge >= 0.3 is 0 Å². The van der Waals surface area contributed by atoms with Crippen molar-refractivity contribution in [1.29, 1.82) is 0 Å². The van der Waals surface area contributed by atoms with Crippen LogP contribution in [0.1, 0.15) is 23.1 Å². The van der Waals surface area contributed by atoms with Gasteiger partial charge in [0.2, 0.25) is 0 Å². The second-order valence-electron chi connectivity index (χ2n) is 7.38. The molecule has 3 rings (SSSR count). The van der Waals surface area contributed by atoms with Crippen LogP contribution >= 0.6 is 0 Å². The zero-order chi connectivity index (χ0) is 20.5. The van der Waals surface area contributed by atoms with E-state index in [0.717, 1.165) is 49.7 Å². The minimum absolute atomic E-state index is 0.439. The van der Waals surface area contributed by atoms with E-state index in [1.54, 1.807) is 7.11 Å². The van der Waals surface area contributed by atoms with Gasteiger partial charge in [-0.25, -0.2) is 4.99 Å². The Bertz CT molecular complexity index is 800. The summed E-state index contributed by atoms with van der Waals surface area (Å²) in [5.74, 6) is 2.65. The van der Waals surface area contributed by atoms with E-state index in [1.165, 1.54) is 11.1 Å². The van der Waals surface area contributed by atoms with Gasteiger partial charge in [-0.3, -0.25) is 0 Å². The van der Waals surface area contributed by atoms with Crippen LogP contribution in [0.3, 0.4) is 0 Å². The molecule has 1 heterocycles. The average molecular weight is 398 g/mol. The molecular weight excluding hydrogens is 366 g/mol. The maximum atomic E-state index is 6.07. The second-order valence-corrected chi connectivity index (χ2v) is 7.38. The van der Waals surface area contributed by atoms with E-state index in [-0.39, 0.29) is 0 Å². The highest BCUT2D eigenvalue weighted by Crippen LogP contribution is 2.23. The van der Waals surface area contributed by atoms with E-state index in [1.807, 2.05) is 12.1 Å². The lowest BCUT2D eigenvalue weighted by molar-refractivity contribution is 0.166. The molecule has 29 heavy (non-hydrogen) atoms. The van der Waals surface area contributed by atoms with E-state index in [4.69, 9.17) is 19.9 Å². The van der Waals surface area contributed by atoms with Crippen LogP contribution in [-0.4, -0.2) is 39.4 Å². The standard InChI is InChI=1S/C23H31N3O3/c1-17-3-6-20(22(13-17)29-16-19-10-12-28-15-19)14-26-23(24)25-11-9-18-4-7-21(27-2)8-5-18/h3-8,13,19H,9-12,14-16H2,1-2H3,(H3,24,25,26). The number of hydrogen-bond donors (Lipinski definition) is 2. The third-order valence-corrected chi connectivity index (χ3v) is 5.02. The van der Waals surface area contributed by atoms with Gasteiger partial charge in [0.1, 0.15) is 11.5 Å². The summed E-state index contributed by atoms with van der Waals surface area (Å²) < 4.78 is 16.7. The van der Waals surface area contributed by atoms with Crippen LogP contribution in [0, 0.1) is 12.8 Å². The number of nitrogens with two attached hydrogens (primary N) is 1. The summed E-state index contributed by atoms with van der Waals surface area (Å²) in [6.45, 7) is 5.56. The fourth-order valence-corrected chi connectivity index (χ4v) is 3.20. The Labute approximate surface area is 173 Å². The molecule has 0 saturated carbocycles. The SMILES string of the molecule is COc1ccc(CCNC(N)=NCc2ccc(C)cc2OCC2CCOC2)cc1. The number of guanidine groups is 1. The molecule has 1 aliphatic rings. The largest absolute Gasteiger partial charge is 0.497 e. The zero-order valence-electron chi connectivity index (χ0n) is 17.3. The maximum Gasteiger partial charge on any atom is 0.188 e. The molecule has 0 aliphatic carbocycles. The van der Waals surface area contributed by atoms with Crippen LogP contribution in [0.15, 0.2) is 47.5 Å². The Kier molecular flexibility index (Phi) is 7.76. The minimum Gasteiger partial charge on any atom is -0.497 e. The van der Waals surface area contributed by atoms with Crippen LogP contribution in [0.2, 0.25) is 0 Å².